The van der Waals surface area contributed by atoms with Crippen LogP contribution in [-0.4, -0.2) is 17.0 Å². The highest BCUT2D eigenvalue weighted by Crippen LogP contribution is 2.54. The smallest absolute Gasteiger partial charge is 0.171 e. The van der Waals surface area contributed by atoms with E-state index in [9.17, 15) is 9.90 Å². The molecule has 0 spiro atoms. The third kappa shape index (κ3) is 2.14. The highest BCUT2D eigenvalue weighted by atomic mass is 16.5. The van der Waals surface area contributed by atoms with Crippen LogP contribution in [0.3, 0.4) is 0 Å². The first-order chi connectivity index (χ1) is 12.8. The summed E-state index contributed by atoms with van der Waals surface area (Å²) in [5.74, 6) is 0.273. The average Bonchev–Trinajstić information content (AvgIpc) is 3.09. The first-order valence-electron chi connectivity index (χ1n) is 8.87. The number of carbonyl (C=O) groups excluding carboxylic acids is 1. The Bertz CT molecular complexity index is 980. The van der Waals surface area contributed by atoms with Crippen LogP contribution in [0, 0.1) is 0 Å². The van der Waals surface area contributed by atoms with Crippen LogP contribution >= 0.6 is 0 Å². The molecule has 26 heavy (non-hydrogen) atoms. The molecule has 1 heterocycles. The average molecular weight is 342 g/mol. The second kappa shape index (κ2) is 5.82. The van der Waals surface area contributed by atoms with E-state index in [1.54, 1.807) is 0 Å². The van der Waals surface area contributed by atoms with Gasteiger partial charge in [-0.1, -0.05) is 72.8 Å². The van der Waals surface area contributed by atoms with Gasteiger partial charge in [0.1, 0.15) is 18.0 Å². The van der Waals surface area contributed by atoms with Gasteiger partial charge in [-0.15, -0.1) is 0 Å². The summed E-state index contributed by atoms with van der Waals surface area (Å²) in [5.41, 5.74) is 3.37. The standard InChI is InChI=1S/C23H18O3/c24-21(14-8-2-1-3-9-14)19-15-10-4-5-11-16(15)22(25)23-20(19)17-12-6-7-13-18(17)26-23/h1-13,19-20,22-23,25H/t19-,20+,22+,23+/m0/s1. The summed E-state index contributed by atoms with van der Waals surface area (Å²) in [5, 5.41) is 10.9. The maximum atomic E-state index is 13.5. The highest BCUT2D eigenvalue weighted by Gasteiger charge is 2.51. The Hall–Kier alpha value is -2.91. The van der Waals surface area contributed by atoms with Crippen molar-refractivity contribution in [2.24, 2.45) is 0 Å². The third-order valence-corrected chi connectivity index (χ3v) is 5.56. The molecule has 2 aliphatic rings. The van der Waals surface area contributed by atoms with Crippen molar-refractivity contribution in [3.8, 4) is 5.75 Å². The van der Waals surface area contributed by atoms with E-state index in [0.29, 0.717) is 5.56 Å². The number of fused-ring (bicyclic) bond motifs is 4. The fourth-order valence-corrected chi connectivity index (χ4v) is 4.41. The molecule has 128 valence electrons. The van der Waals surface area contributed by atoms with Crippen LogP contribution in [-0.2, 0) is 0 Å². The summed E-state index contributed by atoms with van der Waals surface area (Å²) in [6.45, 7) is 0. The van der Waals surface area contributed by atoms with Gasteiger partial charge in [-0.2, -0.15) is 0 Å². The molecular weight excluding hydrogens is 324 g/mol. The van der Waals surface area contributed by atoms with Gasteiger partial charge in [-0.3, -0.25) is 4.79 Å². The second-order valence-electron chi connectivity index (χ2n) is 6.93. The Balaban J connectivity index is 1.71. The molecule has 0 radical (unpaired) electrons. The minimum Gasteiger partial charge on any atom is -0.486 e. The molecule has 3 nitrogen and oxygen atoms in total. The molecule has 0 unspecified atom stereocenters. The third-order valence-electron chi connectivity index (χ3n) is 5.56. The van der Waals surface area contributed by atoms with Crippen molar-refractivity contribution in [3.63, 3.8) is 0 Å². The zero-order valence-corrected chi connectivity index (χ0v) is 14.1. The molecule has 0 aromatic heterocycles. The van der Waals surface area contributed by atoms with Crippen LogP contribution in [0.15, 0.2) is 78.9 Å². The van der Waals surface area contributed by atoms with E-state index in [-0.39, 0.29) is 17.6 Å². The maximum absolute atomic E-state index is 13.5. The Morgan fingerprint density at radius 1 is 0.769 bits per heavy atom. The van der Waals surface area contributed by atoms with E-state index < -0.39 is 12.2 Å². The molecule has 3 heteroatoms. The van der Waals surface area contributed by atoms with Gasteiger partial charge in [0.25, 0.3) is 0 Å². The Kier molecular flexibility index (Phi) is 3.44. The zero-order valence-electron chi connectivity index (χ0n) is 14.1. The maximum Gasteiger partial charge on any atom is 0.171 e. The number of ketones is 1. The molecule has 1 aliphatic carbocycles. The molecular formula is C23H18O3. The molecule has 1 aliphatic heterocycles. The molecule has 1 N–H and O–H groups in total. The van der Waals surface area contributed by atoms with E-state index >= 15 is 0 Å². The largest absolute Gasteiger partial charge is 0.486 e. The van der Waals surface area contributed by atoms with Gasteiger partial charge in [-0.25, -0.2) is 0 Å². The second-order valence-corrected chi connectivity index (χ2v) is 6.93. The number of carbonyl (C=O) groups is 1. The van der Waals surface area contributed by atoms with Crippen molar-refractivity contribution in [1.29, 1.82) is 0 Å². The lowest BCUT2D eigenvalue weighted by atomic mass is 9.67. The predicted molar refractivity (Wildman–Crippen MR) is 98.5 cm³/mol. The van der Waals surface area contributed by atoms with E-state index in [0.717, 1.165) is 22.4 Å². The molecule has 0 saturated carbocycles. The molecule has 0 fully saturated rings. The van der Waals surface area contributed by atoms with Crippen molar-refractivity contribution in [2.75, 3.05) is 0 Å². The van der Waals surface area contributed by atoms with Gasteiger partial charge in [0.05, 0.1) is 5.92 Å². The number of ether oxygens (including phenoxy) is 1. The summed E-state index contributed by atoms with van der Waals surface area (Å²) in [6, 6.07) is 24.9. The number of rotatable bonds is 2. The number of benzene rings is 3. The van der Waals surface area contributed by atoms with Crippen LogP contribution in [0.5, 0.6) is 5.75 Å². The lowest BCUT2D eigenvalue weighted by molar-refractivity contribution is 0.0198. The van der Waals surface area contributed by atoms with Crippen molar-refractivity contribution < 1.29 is 14.6 Å². The van der Waals surface area contributed by atoms with E-state index in [4.69, 9.17) is 4.74 Å². The van der Waals surface area contributed by atoms with E-state index in [2.05, 4.69) is 0 Å². The predicted octanol–water partition coefficient (Wildman–Crippen LogP) is 4.24. The van der Waals surface area contributed by atoms with Crippen molar-refractivity contribution >= 4 is 5.78 Å². The monoisotopic (exact) mass is 342 g/mol. The Morgan fingerprint density at radius 2 is 1.38 bits per heavy atom. The normalized spacial score (nSPS) is 25.6. The summed E-state index contributed by atoms with van der Waals surface area (Å²) < 4.78 is 6.09. The Labute approximate surface area is 151 Å². The molecule has 5 rings (SSSR count). The molecule has 0 saturated heterocycles. The van der Waals surface area contributed by atoms with E-state index in [1.165, 1.54) is 0 Å². The summed E-state index contributed by atoms with van der Waals surface area (Å²) >= 11 is 0. The summed E-state index contributed by atoms with van der Waals surface area (Å²) in [7, 11) is 0. The number of aliphatic hydroxyl groups is 1. The number of Topliss-reactive ketones (excluding diaryl/α,β-unsaturated/α-hetero) is 1. The number of para-hydroxylation sites is 1. The van der Waals surface area contributed by atoms with Crippen LogP contribution in [0.2, 0.25) is 0 Å². The lowest BCUT2D eigenvalue weighted by Gasteiger charge is -2.37. The van der Waals surface area contributed by atoms with E-state index in [1.807, 2.05) is 78.9 Å². The van der Waals surface area contributed by atoms with Gasteiger partial charge in [-0.05, 0) is 17.2 Å². The fraction of sp³-hybridized carbons (Fsp3) is 0.174. The minimum absolute atomic E-state index is 0.0697. The van der Waals surface area contributed by atoms with Gasteiger partial charge >= 0.3 is 0 Å². The van der Waals surface area contributed by atoms with Crippen molar-refractivity contribution in [2.45, 2.75) is 24.0 Å². The van der Waals surface area contributed by atoms with Crippen LogP contribution in [0.1, 0.15) is 45.0 Å². The number of hydrogen-bond donors (Lipinski definition) is 1. The number of aliphatic hydroxyl groups excluding tert-OH is 1. The number of hydrogen-bond acceptors (Lipinski definition) is 3. The fourth-order valence-electron chi connectivity index (χ4n) is 4.41. The van der Waals surface area contributed by atoms with Crippen molar-refractivity contribution in [3.05, 3.63) is 101 Å². The summed E-state index contributed by atoms with van der Waals surface area (Å²) in [6.07, 6.45) is -1.19. The van der Waals surface area contributed by atoms with Crippen LogP contribution in [0.25, 0.3) is 0 Å². The zero-order chi connectivity index (χ0) is 17.7. The topological polar surface area (TPSA) is 46.5 Å². The summed E-state index contributed by atoms with van der Waals surface area (Å²) in [4.78, 5) is 13.5. The van der Waals surface area contributed by atoms with Crippen LogP contribution < -0.4 is 4.74 Å². The molecule has 3 aromatic carbocycles. The first-order valence-corrected chi connectivity index (χ1v) is 8.87. The molecule has 4 atom stereocenters. The van der Waals surface area contributed by atoms with Gasteiger partial charge in [0.15, 0.2) is 5.78 Å². The van der Waals surface area contributed by atoms with Gasteiger partial charge < -0.3 is 9.84 Å². The lowest BCUT2D eigenvalue weighted by Crippen LogP contribution is -2.38. The van der Waals surface area contributed by atoms with Crippen molar-refractivity contribution in [1.82, 2.24) is 0 Å². The van der Waals surface area contributed by atoms with Gasteiger partial charge in [0, 0.05) is 17.0 Å². The quantitative estimate of drug-likeness (QED) is 0.709. The molecule has 0 amide bonds. The Morgan fingerprint density at radius 3 is 2.15 bits per heavy atom. The first kappa shape index (κ1) is 15.4. The minimum atomic E-state index is -0.747. The van der Waals surface area contributed by atoms with Crippen LogP contribution in [0.4, 0.5) is 0 Å². The SMILES string of the molecule is O=C(c1ccccc1)[C@H]1c2ccccc2[C@@H](O)[C@@H]2Oc3ccccc3[C@@H]21. The van der Waals surface area contributed by atoms with Gasteiger partial charge in [0.2, 0.25) is 0 Å². The highest BCUT2D eigenvalue weighted by molar-refractivity contribution is 6.02. The molecule has 0 bridgehead atoms. The molecule has 3 aromatic rings.